The van der Waals surface area contributed by atoms with Gasteiger partial charge < -0.3 is 14.8 Å². The Hall–Kier alpha value is -2.28. The molecular formula is C16H15F4NO2. The summed E-state index contributed by atoms with van der Waals surface area (Å²) in [6, 6.07) is 9.92. The van der Waals surface area contributed by atoms with E-state index in [0.717, 1.165) is 0 Å². The monoisotopic (exact) mass is 329 g/mol. The average molecular weight is 329 g/mol. The summed E-state index contributed by atoms with van der Waals surface area (Å²) in [4.78, 5) is 0. The summed E-state index contributed by atoms with van der Waals surface area (Å²) in [5, 5.41) is 2.95. The van der Waals surface area contributed by atoms with Crippen LogP contribution in [0.25, 0.3) is 0 Å². The molecule has 0 spiro atoms. The van der Waals surface area contributed by atoms with Crippen LogP contribution in [0.15, 0.2) is 42.5 Å². The lowest BCUT2D eigenvalue weighted by molar-refractivity contribution is -0.274. The molecule has 0 unspecified atom stereocenters. The van der Waals surface area contributed by atoms with Gasteiger partial charge in [-0.3, -0.25) is 0 Å². The Kier molecular flexibility index (Phi) is 5.44. The van der Waals surface area contributed by atoms with Crippen LogP contribution in [0.4, 0.5) is 17.6 Å². The highest BCUT2D eigenvalue weighted by Gasteiger charge is 2.31. The second kappa shape index (κ2) is 7.32. The van der Waals surface area contributed by atoms with Crippen molar-refractivity contribution in [2.75, 3.05) is 7.11 Å². The minimum atomic E-state index is -4.75. The zero-order chi connectivity index (χ0) is 16.9. The lowest BCUT2D eigenvalue weighted by atomic mass is 10.1. The van der Waals surface area contributed by atoms with Gasteiger partial charge >= 0.3 is 6.36 Å². The standard InChI is InChI=1S/C16H15F4NO2/c1-22-14-7-6-13(17)8-12(14)10-21-9-11-4-2-3-5-15(11)23-16(18,19)20/h2-8,21H,9-10H2,1H3. The molecule has 2 aromatic rings. The topological polar surface area (TPSA) is 30.5 Å². The summed E-state index contributed by atoms with van der Waals surface area (Å²) >= 11 is 0. The SMILES string of the molecule is COc1ccc(F)cc1CNCc1ccccc1OC(F)(F)F. The van der Waals surface area contributed by atoms with E-state index in [4.69, 9.17) is 4.74 Å². The molecule has 124 valence electrons. The van der Waals surface area contributed by atoms with Crippen molar-refractivity contribution in [2.45, 2.75) is 19.5 Å². The van der Waals surface area contributed by atoms with E-state index in [-0.39, 0.29) is 18.8 Å². The predicted octanol–water partition coefficient (Wildman–Crippen LogP) is 4.02. The number of halogens is 4. The fourth-order valence-corrected chi connectivity index (χ4v) is 2.09. The summed E-state index contributed by atoms with van der Waals surface area (Å²) in [6.45, 7) is 0.368. The van der Waals surface area contributed by atoms with Crippen LogP contribution < -0.4 is 14.8 Å². The molecule has 7 heteroatoms. The van der Waals surface area contributed by atoms with Gasteiger partial charge in [0.15, 0.2) is 0 Å². The maximum absolute atomic E-state index is 13.3. The highest BCUT2D eigenvalue weighted by Crippen LogP contribution is 2.26. The fraction of sp³-hybridized carbons (Fsp3) is 0.250. The number of alkyl halides is 3. The first-order chi connectivity index (χ1) is 10.9. The number of hydrogen-bond donors (Lipinski definition) is 1. The highest BCUT2D eigenvalue weighted by atomic mass is 19.4. The molecule has 1 N–H and O–H groups in total. The molecule has 0 saturated carbocycles. The fourth-order valence-electron chi connectivity index (χ4n) is 2.09. The number of nitrogens with one attached hydrogen (secondary N) is 1. The molecular weight excluding hydrogens is 314 g/mol. The van der Waals surface area contributed by atoms with Crippen molar-refractivity contribution in [3.05, 3.63) is 59.4 Å². The van der Waals surface area contributed by atoms with Crippen LogP contribution in [0.1, 0.15) is 11.1 Å². The van der Waals surface area contributed by atoms with Gasteiger partial charge in [0.05, 0.1) is 7.11 Å². The third-order valence-electron chi connectivity index (χ3n) is 3.07. The van der Waals surface area contributed by atoms with E-state index in [9.17, 15) is 17.6 Å². The van der Waals surface area contributed by atoms with Crippen molar-refractivity contribution in [1.29, 1.82) is 0 Å². The van der Waals surface area contributed by atoms with Crippen molar-refractivity contribution in [2.24, 2.45) is 0 Å². The van der Waals surface area contributed by atoms with E-state index in [1.807, 2.05) is 0 Å². The molecule has 0 fully saturated rings. The first-order valence-electron chi connectivity index (χ1n) is 6.76. The second-order valence-corrected chi connectivity index (χ2v) is 4.72. The second-order valence-electron chi connectivity index (χ2n) is 4.72. The quantitative estimate of drug-likeness (QED) is 0.812. The first-order valence-corrected chi connectivity index (χ1v) is 6.76. The van der Waals surface area contributed by atoms with E-state index >= 15 is 0 Å². The maximum atomic E-state index is 13.3. The molecule has 0 bridgehead atoms. The maximum Gasteiger partial charge on any atom is 0.573 e. The minimum absolute atomic E-state index is 0.131. The molecule has 0 aliphatic heterocycles. The van der Waals surface area contributed by atoms with Gasteiger partial charge in [-0.05, 0) is 24.3 Å². The molecule has 0 radical (unpaired) electrons. The number of para-hydroxylation sites is 1. The summed E-state index contributed by atoms with van der Waals surface area (Å²) in [6.07, 6.45) is -4.75. The predicted molar refractivity (Wildman–Crippen MR) is 76.6 cm³/mol. The third kappa shape index (κ3) is 5.14. The lowest BCUT2D eigenvalue weighted by Gasteiger charge is -2.14. The van der Waals surface area contributed by atoms with E-state index < -0.39 is 12.2 Å². The third-order valence-corrected chi connectivity index (χ3v) is 3.07. The van der Waals surface area contributed by atoms with E-state index in [1.54, 1.807) is 6.07 Å². The molecule has 0 atom stereocenters. The molecule has 2 rings (SSSR count). The van der Waals surface area contributed by atoms with Crippen LogP contribution in [-0.2, 0) is 13.1 Å². The number of rotatable bonds is 6. The van der Waals surface area contributed by atoms with Crippen molar-refractivity contribution in [3.8, 4) is 11.5 Å². The van der Waals surface area contributed by atoms with Crippen LogP contribution in [-0.4, -0.2) is 13.5 Å². The summed E-state index contributed by atoms with van der Waals surface area (Å²) in [7, 11) is 1.46. The van der Waals surface area contributed by atoms with Crippen molar-refractivity contribution >= 4 is 0 Å². The van der Waals surface area contributed by atoms with Gasteiger partial charge in [0.25, 0.3) is 0 Å². The molecule has 23 heavy (non-hydrogen) atoms. The van der Waals surface area contributed by atoms with E-state index in [2.05, 4.69) is 10.1 Å². The Labute approximate surface area is 130 Å². The minimum Gasteiger partial charge on any atom is -0.496 e. The van der Waals surface area contributed by atoms with Gasteiger partial charge in [0, 0.05) is 24.2 Å². The van der Waals surface area contributed by atoms with Gasteiger partial charge in [-0.15, -0.1) is 13.2 Å². The molecule has 0 aromatic heterocycles. The van der Waals surface area contributed by atoms with E-state index in [1.165, 1.54) is 43.5 Å². The molecule has 0 saturated heterocycles. The van der Waals surface area contributed by atoms with Crippen molar-refractivity contribution in [3.63, 3.8) is 0 Å². The van der Waals surface area contributed by atoms with Crippen molar-refractivity contribution in [1.82, 2.24) is 5.32 Å². The molecule has 3 nitrogen and oxygen atoms in total. The summed E-state index contributed by atoms with van der Waals surface area (Å²) < 4.78 is 59.4. The van der Waals surface area contributed by atoms with Crippen LogP contribution in [0.3, 0.4) is 0 Å². The lowest BCUT2D eigenvalue weighted by Crippen LogP contribution is -2.20. The zero-order valence-corrected chi connectivity index (χ0v) is 12.3. The Balaban J connectivity index is 2.03. The van der Waals surface area contributed by atoms with Gasteiger partial charge in [-0.2, -0.15) is 0 Å². The Bertz CT molecular complexity index is 659. The molecule has 0 heterocycles. The van der Waals surface area contributed by atoms with E-state index in [0.29, 0.717) is 16.9 Å². The van der Waals surface area contributed by atoms with Crippen LogP contribution >= 0.6 is 0 Å². The zero-order valence-electron chi connectivity index (χ0n) is 12.3. The molecule has 0 amide bonds. The Morgan fingerprint density at radius 1 is 0.957 bits per heavy atom. The summed E-state index contributed by atoms with van der Waals surface area (Å²) in [5.41, 5.74) is 0.918. The van der Waals surface area contributed by atoms with Gasteiger partial charge in [0.1, 0.15) is 17.3 Å². The highest BCUT2D eigenvalue weighted by molar-refractivity contribution is 5.35. The molecule has 0 aliphatic carbocycles. The first kappa shape index (κ1) is 17.1. The summed E-state index contributed by atoms with van der Waals surface area (Å²) in [5.74, 6) is -0.180. The van der Waals surface area contributed by atoms with Crippen LogP contribution in [0.2, 0.25) is 0 Å². The normalized spacial score (nSPS) is 11.3. The van der Waals surface area contributed by atoms with Gasteiger partial charge in [0.2, 0.25) is 0 Å². The van der Waals surface area contributed by atoms with Crippen LogP contribution in [0.5, 0.6) is 11.5 Å². The largest absolute Gasteiger partial charge is 0.573 e. The average Bonchev–Trinajstić information content (AvgIpc) is 2.48. The van der Waals surface area contributed by atoms with Crippen LogP contribution in [0, 0.1) is 5.82 Å². The smallest absolute Gasteiger partial charge is 0.496 e. The van der Waals surface area contributed by atoms with Crippen molar-refractivity contribution < 1.29 is 27.0 Å². The number of hydrogen-bond acceptors (Lipinski definition) is 3. The van der Waals surface area contributed by atoms with Gasteiger partial charge in [-0.1, -0.05) is 18.2 Å². The molecule has 0 aliphatic rings. The number of benzene rings is 2. The number of methoxy groups -OCH3 is 1. The molecule has 2 aromatic carbocycles. The number of ether oxygens (including phenoxy) is 2. The Morgan fingerprint density at radius 3 is 2.35 bits per heavy atom. The van der Waals surface area contributed by atoms with Gasteiger partial charge in [-0.25, -0.2) is 4.39 Å². The Morgan fingerprint density at radius 2 is 1.65 bits per heavy atom.